The molecule has 1 heterocycles. The Kier molecular flexibility index (Phi) is 7.29. The fourth-order valence-corrected chi connectivity index (χ4v) is 1.79. The third-order valence-electron chi connectivity index (χ3n) is 2.64. The molecule has 4 N–H and O–H groups in total. The van der Waals surface area contributed by atoms with E-state index in [1.807, 2.05) is 20.8 Å². The summed E-state index contributed by atoms with van der Waals surface area (Å²) in [4.78, 5) is 11.0. The van der Waals surface area contributed by atoms with Crippen molar-refractivity contribution in [1.29, 1.82) is 0 Å². The maximum Gasteiger partial charge on any atom is 0.249 e. The van der Waals surface area contributed by atoms with Gasteiger partial charge in [-0.2, -0.15) is 0 Å². The smallest absolute Gasteiger partial charge is 0.249 e. The number of primary amides is 1. The molecule has 1 saturated heterocycles. The fraction of sp³-hybridized carbons (Fsp3) is 0.909. The first kappa shape index (κ1) is 16.3. The van der Waals surface area contributed by atoms with Crippen molar-refractivity contribution in [3.8, 4) is 0 Å². The van der Waals surface area contributed by atoms with Crippen LogP contribution in [0.1, 0.15) is 27.2 Å². The summed E-state index contributed by atoms with van der Waals surface area (Å²) >= 11 is 0. The molecule has 0 aliphatic carbocycles. The molecule has 102 valence electrons. The number of hydrogen-bond acceptors (Lipinski definition) is 5. The number of rotatable bonds is 3. The predicted molar refractivity (Wildman–Crippen MR) is 62.3 cm³/mol. The Hall–Kier alpha value is -0.690. The second kappa shape index (κ2) is 7.60. The van der Waals surface area contributed by atoms with Gasteiger partial charge in [0.2, 0.25) is 5.91 Å². The zero-order chi connectivity index (χ0) is 13.6. The van der Waals surface area contributed by atoms with Crippen LogP contribution < -0.4 is 5.73 Å². The van der Waals surface area contributed by atoms with E-state index in [0.717, 1.165) is 0 Å². The minimum absolute atomic E-state index is 0.439. The highest BCUT2D eigenvalue weighted by Gasteiger charge is 2.46. The molecular weight excluding hydrogens is 226 g/mol. The molecule has 5 unspecified atom stereocenters. The molecule has 1 rings (SSSR count). The number of aliphatic hydroxyl groups is 2. The second-order valence-electron chi connectivity index (χ2n) is 3.59. The van der Waals surface area contributed by atoms with Gasteiger partial charge in [0.15, 0.2) is 6.10 Å². The zero-order valence-corrected chi connectivity index (χ0v) is 10.8. The standard InChI is InChI=1S/C9H17NO5.C2H6/c1-3-4-7(14-2)5(11)6(12)8(15-4)9(10)13;1-2/h4-8,11-12H,3H2,1-2H3,(H2,10,13);1-2H3. The van der Waals surface area contributed by atoms with Crippen LogP contribution >= 0.6 is 0 Å². The normalized spacial score (nSPS) is 36.9. The van der Waals surface area contributed by atoms with Crippen LogP contribution in [0.4, 0.5) is 0 Å². The summed E-state index contributed by atoms with van der Waals surface area (Å²) in [5.41, 5.74) is 5.05. The van der Waals surface area contributed by atoms with Crippen LogP contribution in [0.3, 0.4) is 0 Å². The largest absolute Gasteiger partial charge is 0.387 e. The maximum atomic E-state index is 11.0. The van der Waals surface area contributed by atoms with E-state index < -0.39 is 36.4 Å². The number of carbonyl (C=O) groups excluding carboxylic acids is 1. The monoisotopic (exact) mass is 249 g/mol. The number of aliphatic hydroxyl groups excluding tert-OH is 2. The third kappa shape index (κ3) is 3.64. The van der Waals surface area contributed by atoms with E-state index in [-0.39, 0.29) is 0 Å². The van der Waals surface area contributed by atoms with Gasteiger partial charge in [-0.25, -0.2) is 0 Å². The van der Waals surface area contributed by atoms with Crippen molar-refractivity contribution in [1.82, 2.24) is 0 Å². The Balaban J connectivity index is 0.00000121. The van der Waals surface area contributed by atoms with Crippen LogP contribution in [-0.4, -0.2) is 53.7 Å². The SMILES string of the molecule is CC.CCC1OC(C(N)=O)C(O)C(O)C1OC. The van der Waals surface area contributed by atoms with Crippen LogP contribution in [0, 0.1) is 0 Å². The predicted octanol–water partition coefficient (Wildman–Crippen LogP) is -0.588. The van der Waals surface area contributed by atoms with Crippen LogP contribution in [0.2, 0.25) is 0 Å². The van der Waals surface area contributed by atoms with Gasteiger partial charge >= 0.3 is 0 Å². The van der Waals surface area contributed by atoms with Gasteiger partial charge in [-0.1, -0.05) is 20.8 Å². The summed E-state index contributed by atoms with van der Waals surface area (Å²) in [5.74, 6) is -0.783. The van der Waals surface area contributed by atoms with Crippen molar-refractivity contribution in [3.63, 3.8) is 0 Å². The van der Waals surface area contributed by atoms with E-state index in [2.05, 4.69) is 0 Å². The van der Waals surface area contributed by atoms with E-state index in [0.29, 0.717) is 6.42 Å². The van der Waals surface area contributed by atoms with Gasteiger partial charge in [0.05, 0.1) is 6.10 Å². The molecule has 0 aromatic heterocycles. The van der Waals surface area contributed by atoms with Gasteiger partial charge in [0.1, 0.15) is 18.3 Å². The maximum absolute atomic E-state index is 11.0. The highest BCUT2D eigenvalue weighted by atomic mass is 16.6. The molecule has 17 heavy (non-hydrogen) atoms. The van der Waals surface area contributed by atoms with Crippen molar-refractivity contribution < 1.29 is 24.5 Å². The Morgan fingerprint density at radius 3 is 2.24 bits per heavy atom. The molecule has 0 aromatic rings. The summed E-state index contributed by atoms with van der Waals surface area (Å²) in [6, 6.07) is 0. The first-order valence-electron chi connectivity index (χ1n) is 5.86. The summed E-state index contributed by atoms with van der Waals surface area (Å²) < 4.78 is 10.3. The molecule has 1 aliphatic heterocycles. The Morgan fingerprint density at radius 1 is 1.35 bits per heavy atom. The highest BCUT2D eigenvalue weighted by molar-refractivity contribution is 5.79. The molecule has 0 bridgehead atoms. The van der Waals surface area contributed by atoms with Crippen molar-refractivity contribution in [2.75, 3.05) is 7.11 Å². The zero-order valence-electron chi connectivity index (χ0n) is 10.8. The number of ether oxygens (including phenoxy) is 2. The minimum atomic E-state index is -1.34. The van der Waals surface area contributed by atoms with Crippen molar-refractivity contribution in [3.05, 3.63) is 0 Å². The van der Waals surface area contributed by atoms with E-state index in [4.69, 9.17) is 15.2 Å². The fourth-order valence-electron chi connectivity index (χ4n) is 1.79. The van der Waals surface area contributed by atoms with E-state index in [1.165, 1.54) is 7.11 Å². The quantitative estimate of drug-likeness (QED) is 0.620. The van der Waals surface area contributed by atoms with Crippen LogP contribution in [0.25, 0.3) is 0 Å². The lowest BCUT2D eigenvalue weighted by Gasteiger charge is -2.40. The molecule has 1 amide bonds. The van der Waals surface area contributed by atoms with E-state index in [9.17, 15) is 15.0 Å². The lowest BCUT2D eigenvalue weighted by molar-refractivity contribution is -0.226. The van der Waals surface area contributed by atoms with Gasteiger partial charge in [-0.05, 0) is 6.42 Å². The molecule has 1 fully saturated rings. The second-order valence-corrected chi connectivity index (χ2v) is 3.59. The highest BCUT2D eigenvalue weighted by Crippen LogP contribution is 2.24. The lowest BCUT2D eigenvalue weighted by atomic mass is 9.93. The van der Waals surface area contributed by atoms with Gasteiger partial charge in [-0.15, -0.1) is 0 Å². The molecule has 1 aliphatic rings. The number of methoxy groups -OCH3 is 1. The van der Waals surface area contributed by atoms with Gasteiger partial charge in [0.25, 0.3) is 0 Å². The van der Waals surface area contributed by atoms with Gasteiger partial charge in [0, 0.05) is 7.11 Å². The number of nitrogens with two attached hydrogens (primary N) is 1. The molecule has 0 radical (unpaired) electrons. The summed E-state index contributed by atoms with van der Waals surface area (Å²) in [6.45, 7) is 5.83. The molecule has 6 nitrogen and oxygen atoms in total. The Labute approximate surface area is 102 Å². The first-order valence-corrected chi connectivity index (χ1v) is 5.86. The topological polar surface area (TPSA) is 102 Å². The van der Waals surface area contributed by atoms with Crippen molar-refractivity contribution in [2.45, 2.75) is 57.7 Å². The van der Waals surface area contributed by atoms with Crippen LogP contribution in [-0.2, 0) is 14.3 Å². The Bertz CT molecular complexity index is 234. The third-order valence-corrected chi connectivity index (χ3v) is 2.64. The average molecular weight is 249 g/mol. The molecule has 0 aromatic carbocycles. The molecule has 0 spiro atoms. The number of hydrogen-bond donors (Lipinski definition) is 3. The van der Waals surface area contributed by atoms with Crippen LogP contribution in [0.15, 0.2) is 0 Å². The number of carbonyl (C=O) groups is 1. The summed E-state index contributed by atoms with van der Waals surface area (Å²) in [6.07, 6.45) is -4.18. The number of amides is 1. The first-order chi connectivity index (χ1) is 8.02. The van der Waals surface area contributed by atoms with Gasteiger partial charge in [-0.3, -0.25) is 4.79 Å². The molecule has 0 saturated carbocycles. The molecular formula is C11H23NO5. The minimum Gasteiger partial charge on any atom is -0.387 e. The lowest BCUT2D eigenvalue weighted by Crippen LogP contribution is -2.61. The Morgan fingerprint density at radius 2 is 1.88 bits per heavy atom. The molecule has 6 heteroatoms. The van der Waals surface area contributed by atoms with Crippen molar-refractivity contribution >= 4 is 5.91 Å². The van der Waals surface area contributed by atoms with Crippen LogP contribution in [0.5, 0.6) is 0 Å². The average Bonchev–Trinajstić information content (AvgIpc) is 2.34. The van der Waals surface area contributed by atoms with Gasteiger partial charge < -0.3 is 25.4 Å². The summed E-state index contributed by atoms with van der Waals surface area (Å²) in [7, 11) is 1.41. The molecule has 5 atom stereocenters. The summed E-state index contributed by atoms with van der Waals surface area (Å²) in [5, 5.41) is 19.3. The van der Waals surface area contributed by atoms with Crippen molar-refractivity contribution in [2.24, 2.45) is 5.73 Å². The van der Waals surface area contributed by atoms with E-state index >= 15 is 0 Å². The van der Waals surface area contributed by atoms with E-state index in [1.54, 1.807) is 0 Å².